The van der Waals surface area contributed by atoms with Crippen LogP contribution in [0.1, 0.15) is 64.7 Å². The van der Waals surface area contributed by atoms with E-state index in [-0.39, 0.29) is 11.3 Å². The molecule has 0 heterocycles. The van der Waals surface area contributed by atoms with Gasteiger partial charge in [0.25, 0.3) is 0 Å². The molecule has 0 saturated carbocycles. The molecule has 1 amide bonds. The molecule has 33 heavy (non-hydrogen) atoms. The highest BCUT2D eigenvalue weighted by molar-refractivity contribution is 6.00. The van der Waals surface area contributed by atoms with E-state index in [2.05, 4.69) is 56.8 Å². The molecule has 0 spiro atoms. The molecular formula is C29H37NO3. The molecule has 4 heteroatoms. The lowest BCUT2D eigenvalue weighted by Gasteiger charge is -2.36. The number of allylic oxidation sites excluding steroid dienone is 9. The van der Waals surface area contributed by atoms with Crippen molar-refractivity contribution in [3.8, 4) is 0 Å². The number of carbonyl (C=O) groups excluding carboxylic acids is 2. The second-order valence-electron chi connectivity index (χ2n) is 9.47. The van der Waals surface area contributed by atoms with Crippen molar-refractivity contribution in [2.45, 2.75) is 54.4 Å². The topological polar surface area (TPSA) is 55.4 Å². The zero-order chi connectivity index (χ0) is 24.6. The number of methoxy groups -OCH3 is 1. The average Bonchev–Trinajstić information content (AvgIpc) is 2.76. The highest BCUT2D eigenvalue weighted by Crippen LogP contribution is 2.43. The van der Waals surface area contributed by atoms with E-state index in [1.807, 2.05) is 25.2 Å². The maximum atomic E-state index is 12.2. The summed E-state index contributed by atoms with van der Waals surface area (Å²) in [7, 11) is 1.34. The molecule has 1 aliphatic rings. The zero-order valence-corrected chi connectivity index (χ0v) is 21.0. The zero-order valence-electron chi connectivity index (χ0n) is 21.0. The number of esters is 1. The number of hydrogen-bond donors (Lipinski definition) is 1. The second kappa shape index (κ2) is 11.6. The standard InChI is InChI=1S/C29H37NO3/c1-20(11-16-26-23(4)22(3)17-18-29(26,5)6)9-8-10-21(2)19-27(31)30-25-14-12-24(13-15-25)28(32)33-7/h8-16,19,22H,17-18H2,1-7H3,(H,30,31)/b10-8+,16-11+,20-9+,21-19-. The minimum absolute atomic E-state index is 0.218. The first-order chi connectivity index (χ1) is 15.5. The van der Waals surface area contributed by atoms with Crippen molar-refractivity contribution in [3.63, 3.8) is 0 Å². The van der Waals surface area contributed by atoms with Gasteiger partial charge in [-0.25, -0.2) is 4.79 Å². The molecule has 1 unspecified atom stereocenters. The van der Waals surface area contributed by atoms with Crippen LogP contribution in [0.5, 0.6) is 0 Å². The molecule has 1 aromatic carbocycles. The van der Waals surface area contributed by atoms with E-state index in [0.29, 0.717) is 17.2 Å². The van der Waals surface area contributed by atoms with Gasteiger partial charge in [0.15, 0.2) is 0 Å². The molecule has 4 nitrogen and oxygen atoms in total. The Morgan fingerprint density at radius 3 is 2.39 bits per heavy atom. The molecule has 0 fully saturated rings. The largest absolute Gasteiger partial charge is 0.465 e. The Labute approximate surface area is 198 Å². The first-order valence-corrected chi connectivity index (χ1v) is 11.5. The van der Waals surface area contributed by atoms with Gasteiger partial charge >= 0.3 is 5.97 Å². The fourth-order valence-electron chi connectivity index (χ4n) is 3.95. The van der Waals surface area contributed by atoms with E-state index in [4.69, 9.17) is 0 Å². The predicted octanol–water partition coefficient (Wildman–Crippen LogP) is 7.19. The summed E-state index contributed by atoms with van der Waals surface area (Å²) in [5, 5.41) is 2.80. The Morgan fingerprint density at radius 2 is 1.76 bits per heavy atom. The van der Waals surface area contributed by atoms with Gasteiger partial charge in [0, 0.05) is 11.8 Å². The van der Waals surface area contributed by atoms with Crippen molar-refractivity contribution in [2.75, 3.05) is 12.4 Å². The third kappa shape index (κ3) is 7.74. The molecule has 0 aromatic heterocycles. The van der Waals surface area contributed by atoms with E-state index in [1.54, 1.807) is 30.3 Å². The lowest BCUT2D eigenvalue weighted by atomic mass is 9.69. The number of nitrogens with one attached hydrogen (secondary N) is 1. The van der Waals surface area contributed by atoms with E-state index >= 15 is 0 Å². The molecular weight excluding hydrogens is 410 g/mol. The Balaban J connectivity index is 1.97. The van der Waals surface area contributed by atoms with Crippen LogP contribution in [0.15, 0.2) is 83.0 Å². The Bertz CT molecular complexity index is 1020. The summed E-state index contributed by atoms with van der Waals surface area (Å²) in [6.45, 7) is 13.2. The molecule has 0 saturated heterocycles. The van der Waals surface area contributed by atoms with Gasteiger partial charge in [-0.1, -0.05) is 62.3 Å². The molecule has 1 atom stereocenters. The normalized spacial score (nSPS) is 19.3. The van der Waals surface area contributed by atoms with Crippen LogP contribution in [-0.2, 0) is 9.53 Å². The maximum Gasteiger partial charge on any atom is 0.337 e. The number of carbonyl (C=O) groups is 2. The smallest absolute Gasteiger partial charge is 0.337 e. The van der Waals surface area contributed by atoms with Crippen LogP contribution >= 0.6 is 0 Å². The third-order valence-corrected chi connectivity index (χ3v) is 6.26. The van der Waals surface area contributed by atoms with Gasteiger partial charge in [0.2, 0.25) is 5.91 Å². The highest BCUT2D eigenvalue weighted by atomic mass is 16.5. The minimum atomic E-state index is -0.407. The summed E-state index contributed by atoms with van der Waals surface area (Å²) in [4.78, 5) is 23.7. The van der Waals surface area contributed by atoms with Crippen molar-refractivity contribution < 1.29 is 14.3 Å². The molecule has 1 N–H and O–H groups in total. The van der Waals surface area contributed by atoms with Gasteiger partial charge in [-0.05, 0) is 80.4 Å². The second-order valence-corrected chi connectivity index (χ2v) is 9.47. The number of ether oxygens (including phenoxy) is 1. The summed E-state index contributed by atoms with van der Waals surface area (Å²) in [5.74, 6) is 0.0158. The fraction of sp³-hybridized carbons (Fsp3) is 0.379. The molecule has 2 rings (SSSR count). The highest BCUT2D eigenvalue weighted by Gasteiger charge is 2.29. The lowest BCUT2D eigenvalue weighted by molar-refractivity contribution is -0.111. The van der Waals surface area contributed by atoms with Crippen LogP contribution in [0, 0.1) is 11.3 Å². The van der Waals surface area contributed by atoms with Crippen LogP contribution in [0.2, 0.25) is 0 Å². The van der Waals surface area contributed by atoms with Crippen molar-refractivity contribution in [2.24, 2.45) is 11.3 Å². The fourth-order valence-corrected chi connectivity index (χ4v) is 3.95. The number of amides is 1. The molecule has 1 aliphatic carbocycles. The Kier molecular flexibility index (Phi) is 9.22. The van der Waals surface area contributed by atoms with Gasteiger partial charge in [-0.2, -0.15) is 0 Å². The minimum Gasteiger partial charge on any atom is -0.465 e. The van der Waals surface area contributed by atoms with Gasteiger partial charge in [-0.3, -0.25) is 4.79 Å². The average molecular weight is 448 g/mol. The number of hydrogen-bond acceptors (Lipinski definition) is 3. The molecule has 1 aromatic rings. The van der Waals surface area contributed by atoms with Gasteiger partial charge in [0.1, 0.15) is 0 Å². The van der Waals surface area contributed by atoms with Crippen LogP contribution in [0.3, 0.4) is 0 Å². The number of benzene rings is 1. The van der Waals surface area contributed by atoms with E-state index in [9.17, 15) is 9.59 Å². The summed E-state index contributed by atoms with van der Waals surface area (Å²) in [6, 6.07) is 6.58. The van der Waals surface area contributed by atoms with Gasteiger partial charge in [-0.15, -0.1) is 0 Å². The summed E-state index contributed by atoms with van der Waals surface area (Å²) >= 11 is 0. The van der Waals surface area contributed by atoms with Crippen molar-refractivity contribution in [1.82, 2.24) is 0 Å². The first-order valence-electron chi connectivity index (χ1n) is 11.5. The van der Waals surface area contributed by atoms with Crippen LogP contribution in [0.4, 0.5) is 5.69 Å². The maximum absolute atomic E-state index is 12.2. The predicted molar refractivity (Wildman–Crippen MR) is 137 cm³/mol. The van der Waals surface area contributed by atoms with Gasteiger partial charge < -0.3 is 10.1 Å². The van der Waals surface area contributed by atoms with E-state index in [0.717, 1.165) is 11.1 Å². The SMILES string of the molecule is COC(=O)c1ccc(NC(=O)\C=C(C)/C=C/C=C(C)/C=C/C2=C(C)C(C)CCC2(C)C)cc1. The van der Waals surface area contributed by atoms with Gasteiger partial charge in [0.05, 0.1) is 12.7 Å². The number of rotatable bonds is 7. The monoisotopic (exact) mass is 447 g/mol. The quantitative estimate of drug-likeness (QED) is 0.273. The van der Waals surface area contributed by atoms with Crippen LogP contribution in [-0.4, -0.2) is 19.0 Å². The van der Waals surface area contributed by atoms with Crippen LogP contribution < -0.4 is 5.32 Å². The van der Waals surface area contributed by atoms with E-state index < -0.39 is 5.97 Å². The van der Waals surface area contributed by atoms with Crippen molar-refractivity contribution >= 4 is 17.6 Å². The lowest BCUT2D eigenvalue weighted by Crippen LogP contribution is -2.23. The number of anilines is 1. The first kappa shape index (κ1) is 26.1. The summed E-state index contributed by atoms with van der Waals surface area (Å²) < 4.78 is 4.67. The molecule has 176 valence electrons. The van der Waals surface area contributed by atoms with Crippen molar-refractivity contribution in [3.05, 3.63) is 88.6 Å². The van der Waals surface area contributed by atoms with E-state index in [1.165, 1.54) is 31.1 Å². The van der Waals surface area contributed by atoms with Crippen molar-refractivity contribution in [1.29, 1.82) is 0 Å². The molecule has 0 radical (unpaired) electrons. The Hall–Kier alpha value is -3.14. The summed E-state index contributed by atoms with van der Waals surface area (Å²) in [5.41, 5.74) is 6.22. The van der Waals surface area contributed by atoms with Crippen LogP contribution in [0.25, 0.3) is 0 Å². The third-order valence-electron chi connectivity index (χ3n) is 6.26. The molecule has 0 aliphatic heterocycles. The molecule has 0 bridgehead atoms. The Morgan fingerprint density at radius 1 is 1.09 bits per heavy atom. The summed E-state index contributed by atoms with van der Waals surface area (Å²) in [6.07, 6.45) is 14.4.